The first-order valence-corrected chi connectivity index (χ1v) is 10.3. The summed E-state index contributed by atoms with van der Waals surface area (Å²) >= 11 is 1.99. The highest BCUT2D eigenvalue weighted by molar-refractivity contribution is 7.19. The first-order valence-electron chi connectivity index (χ1n) is 9.48. The summed E-state index contributed by atoms with van der Waals surface area (Å²) in [5, 5.41) is 5.47. The van der Waals surface area contributed by atoms with Crippen molar-refractivity contribution in [3.05, 3.63) is 34.7 Å². The van der Waals surface area contributed by atoms with E-state index in [1.165, 1.54) is 59.1 Å². The SMILES string of the molecule is CCc1ccc2cc(CNC34CC5CC(CC(C5)C3)C4)sc2c1. The van der Waals surface area contributed by atoms with Gasteiger partial charge in [0.15, 0.2) is 0 Å². The molecule has 4 fully saturated rings. The molecule has 0 unspecified atom stereocenters. The zero-order valence-corrected chi connectivity index (χ0v) is 14.9. The summed E-state index contributed by atoms with van der Waals surface area (Å²) in [4.78, 5) is 1.52. The Hall–Kier alpha value is -0.860. The predicted molar refractivity (Wildman–Crippen MR) is 98.9 cm³/mol. The minimum atomic E-state index is 0.486. The van der Waals surface area contributed by atoms with Gasteiger partial charge in [-0.1, -0.05) is 19.1 Å². The maximum Gasteiger partial charge on any atom is 0.0348 e. The summed E-state index contributed by atoms with van der Waals surface area (Å²) < 4.78 is 1.46. The molecule has 1 nitrogen and oxygen atoms in total. The summed E-state index contributed by atoms with van der Waals surface area (Å²) in [5.41, 5.74) is 1.94. The average Bonchev–Trinajstić information content (AvgIpc) is 2.93. The predicted octanol–water partition coefficient (Wildman–Crippen LogP) is 5.52. The van der Waals surface area contributed by atoms with Crippen LogP contribution in [0, 0.1) is 17.8 Å². The van der Waals surface area contributed by atoms with Crippen molar-refractivity contribution in [1.29, 1.82) is 0 Å². The number of aryl methyl sites for hydroxylation is 1. The van der Waals surface area contributed by atoms with Crippen LogP contribution in [0.25, 0.3) is 10.1 Å². The molecular weight excluding hydrogens is 298 g/mol. The van der Waals surface area contributed by atoms with Crippen LogP contribution in [0.2, 0.25) is 0 Å². The summed E-state index contributed by atoms with van der Waals surface area (Å²) in [7, 11) is 0. The van der Waals surface area contributed by atoms with E-state index in [9.17, 15) is 0 Å². The second kappa shape index (κ2) is 5.32. The lowest BCUT2D eigenvalue weighted by Gasteiger charge is -2.57. The van der Waals surface area contributed by atoms with Gasteiger partial charge >= 0.3 is 0 Å². The number of nitrogens with one attached hydrogen (secondary N) is 1. The van der Waals surface area contributed by atoms with Gasteiger partial charge in [0.05, 0.1) is 0 Å². The fourth-order valence-corrected chi connectivity index (χ4v) is 7.11. The molecule has 4 bridgehead atoms. The van der Waals surface area contributed by atoms with E-state index in [1.54, 1.807) is 0 Å². The van der Waals surface area contributed by atoms with E-state index < -0.39 is 0 Å². The Morgan fingerprint density at radius 1 is 1.04 bits per heavy atom. The quantitative estimate of drug-likeness (QED) is 0.780. The smallest absolute Gasteiger partial charge is 0.0348 e. The molecule has 0 amide bonds. The second-order valence-corrected chi connectivity index (χ2v) is 9.66. The molecule has 2 heteroatoms. The number of hydrogen-bond acceptors (Lipinski definition) is 2. The van der Waals surface area contributed by atoms with Crippen LogP contribution in [-0.2, 0) is 13.0 Å². The maximum absolute atomic E-state index is 4.04. The molecule has 0 aliphatic heterocycles. The van der Waals surface area contributed by atoms with E-state index in [0.29, 0.717) is 5.54 Å². The normalized spacial score (nSPS) is 35.3. The van der Waals surface area contributed by atoms with E-state index in [2.05, 4.69) is 36.5 Å². The monoisotopic (exact) mass is 325 g/mol. The van der Waals surface area contributed by atoms with Gasteiger partial charge in [-0.15, -0.1) is 11.3 Å². The number of hydrogen-bond donors (Lipinski definition) is 1. The van der Waals surface area contributed by atoms with Gasteiger partial charge in [0, 0.05) is 21.7 Å². The largest absolute Gasteiger partial charge is 0.306 e. The van der Waals surface area contributed by atoms with Crippen LogP contribution >= 0.6 is 11.3 Å². The highest BCUT2D eigenvalue weighted by Crippen LogP contribution is 2.55. The molecule has 2 aromatic rings. The molecule has 0 spiro atoms. The Bertz CT molecular complexity index is 693. The van der Waals surface area contributed by atoms with Gasteiger partial charge in [-0.25, -0.2) is 0 Å². The number of rotatable bonds is 4. The lowest BCUT2D eigenvalue weighted by atomic mass is 9.53. The highest BCUT2D eigenvalue weighted by Gasteiger charge is 2.50. The van der Waals surface area contributed by atoms with Crippen molar-refractivity contribution in [2.24, 2.45) is 17.8 Å². The highest BCUT2D eigenvalue weighted by atomic mass is 32.1. The Labute approximate surface area is 143 Å². The third-order valence-electron chi connectivity index (χ3n) is 6.72. The minimum Gasteiger partial charge on any atom is -0.306 e. The van der Waals surface area contributed by atoms with Crippen LogP contribution in [0.1, 0.15) is 55.9 Å². The van der Waals surface area contributed by atoms with E-state index in [4.69, 9.17) is 0 Å². The molecular formula is C21H27NS. The van der Waals surface area contributed by atoms with Crippen molar-refractivity contribution in [3.63, 3.8) is 0 Å². The van der Waals surface area contributed by atoms with Crippen molar-refractivity contribution < 1.29 is 0 Å². The summed E-state index contributed by atoms with van der Waals surface area (Å²) in [6, 6.07) is 9.38. The lowest BCUT2D eigenvalue weighted by Crippen LogP contribution is -2.58. The molecule has 4 saturated carbocycles. The first kappa shape index (κ1) is 14.5. The summed E-state index contributed by atoms with van der Waals surface area (Å²) in [5.74, 6) is 3.09. The Morgan fingerprint density at radius 3 is 2.39 bits per heavy atom. The minimum absolute atomic E-state index is 0.486. The van der Waals surface area contributed by atoms with Gasteiger partial charge in [0.2, 0.25) is 0 Å². The molecule has 4 aliphatic rings. The number of fused-ring (bicyclic) bond motifs is 1. The lowest BCUT2D eigenvalue weighted by molar-refractivity contribution is -0.0204. The molecule has 1 aromatic heterocycles. The summed E-state index contributed by atoms with van der Waals surface area (Å²) in [6.07, 6.45) is 10.1. The van der Waals surface area contributed by atoms with Gasteiger partial charge < -0.3 is 5.32 Å². The van der Waals surface area contributed by atoms with Crippen molar-refractivity contribution in [1.82, 2.24) is 5.32 Å². The molecule has 6 rings (SSSR count). The van der Waals surface area contributed by atoms with Gasteiger partial charge in [-0.2, -0.15) is 0 Å². The Balaban J connectivity index is 1.34. The van der Waals surface area contributed by atoms with Crippen LogP contribution in [0.4, 0.5) is 0 Å². The van der Waals surface area contributed by atoms with Crippen LogP contribution in [0.3, 0.4) is 0 Å². The van der Waals surface area contributed by atoms with Gasteiger partial charge in [0.25, 0.3) is 0 Å². The first-order chi connectivity index (χ1) is 11.2. The van der Waals surface area contributed by atoms with Gasteiger partial charge in [-0.3, -0.25) is 0 Å². The average molecular weight is 326 g/mol. The number of benzene rings is 1. The van der Waals surface area contributed by atoms with Crippen molar-refractivity contribution in [3.8, 4) is 0 Å². The second-order valence-electron chi connectivity index (χ2n) is 8.49. The molecule has 4 aliphatic carbocycles. The van der Waals surface area contributed by atoms with E-state index in [-0.39, 0.29) is 0 Å². The van der Waals surface area contributed by atoms with E-state index in [1.807, 2.05) is 11.3 Å². The third kappa shape index (κ3) is 2.55. The molecule has 23 heavy (non-hydrogen) atoms. The number of thiophene rings is 1. The maximum atomic E-state index is 4.04. The Morgan fingerprint density at radius 2 is 1.74 bits per heavy atom. The van der Waals surface area contributed by atoms with E-state index >= 15 is 0 Å². The molecule has 122 valence electrons. The van der Waals surface area contributed by atoms with Crippen molar-refractivity contribution in [2.45, 2.75) is 64.0 Å². The molecule has 1 aromatic carbocycles. The standard InChI is InChI=1S/C21H27NS/c1-2-14-3-4-18-9-19(23-20(18)8-14)13-22-21-10-15-5-16(11-21)7-17(6-15)12-21/h3-4,8-9,15-17,22H,2,5-7,10-13H2,1H3. The van der Waals surface area contributed by atoms with Crippen LogP contribution in [0.5, 0.6) is 0 Å². The molecule has 0 radical (unpaired) electrons. The third-order valence-corrected chi connectivity index (χ3v) is 7.82. The van der Waals surface area contributed by atoms with E-state index in [0.717, 1.165) is 30.7 Å². The Kier molecular flexibility index (Phi) is 3.35. The van der Waals surface area contributed by atoms with Gasteiger partial charge in [-0.05, 0) is 85.8 Å². The van der Waals surface area contributed by atoms with Crippen molar-refractivity contribution in [2.75, 3.05) is 0 Å². The fraction of sp³-hybridized carbons (Fsp3) is 0.619. The van der Waals surface area contributed by atoms with Crippen LogP contribution in [-0.4, -0.2) is 5.54 Å². The molecule has 1 N–H and O–H groups in total. The molecule has 0 saturated heterocycles. The zero-order valence-electron chi connectivity index (χ0n) is 14.1. The topological polar surface area (TPSA) is 12.0 Å². The molecule has 0 atom stereocenters. The molecule has 1 heterocycles. The summed E-state index contributed by atoms with van der Waals surface area (Å²) in [6.45, 7) is 3.32. The van der Waals surface area contributed by atoms with Crippen molar-refractivity contribution >= 4 is 21.4 Å². The van der Waals surface area contributed by atoms with Gasteiger partial charge in [0.1, 0.15) is 0 Å². The fourth-order valence-electron chi connectivity index (χ4n) is 6.04. The zero-order chi connectivity index (χ0) is 15.4. The van der Waals surface area contributed by atoms with Crippen LogP contribution in [0.15, 0.2) is 24.3 Å². The van der Waals surface area contributed by atoms with Crippen LogP contribution < -0.4 is 5.32 Å².